The summed E-state index contributed by atoms with van der Waals surface area (Å²) in [6.07, 6.45) is 3.06. The summed E-state index contributed by atoms with van der Waals surface area (Å²) >= 11 is 0. The molecule has 8 heteroatoms. The molecule has 25 heavy (non-hydrogen) atoms. The van der Waals surface area contributed by atoms with E-state index in [2.05, 4.69) is 21.1 Å². The SMILES string of the molecule is N#Cc1cccc(-c2ncnn2CCn2c(=O)oc3cccnc32)c1. The third-order valence-corrected chi connectivity index (χ3v) is 3.83. The van der Waals surface area contributed by atoms with E-state index in [1.165, 1.54) is 10.9 Å². The highest BCUT2D eigenvalue weighted by Crippen LogP contribution is 2.18. The standard InChI is InChI=1S/C17H12N6O2/c18-10-12-3-1-4-13(9-12)15-20-11-21-23(15)8-7-22-16-14(25-17(22)24)5-2-6-19-16/h1-6,9,11H,7-8H2. The van der Waals surface area contributed by atoms with Crippen LogP contribution in [0.4, 0.5) is 0 Å². The maximum Gasteiger partial charge on any atom is 0.421 e. The minimum absolute atomic E-state index is 0.344. The van der Waals surface area contributed by atoms with Crippen molar-refractivity contribution in [3.8, 4) is 17.5 Å². The van der Waals surface area contributed by atoms with Gasteiger partial charge in [0, 0.05) is 11.8 Å². The second-order valence-electron chi connectivity index (χ2n) is 5.34. The Morgan fingerprint density at radius 2 is 2.08 bits per heavy atom. The number of nitriles is 1. The largest absolute Gasteiger partial charge is 0.421 e. The Bertz CT molecular complexity index is 1150. The fourth-order valence-electron chi connectivity index (χ4n) is 2.67. The van der Waals surface area contributed by atoms with E-state index in [0.717, 1.165) is 5.56 Å². The van der Waals surface area contributed by atoms with Gasteiger partial charge in [-0.3, -0.25) is 4.57 Å². The van der Waals surface area contributed by atoms with Crippen LogP contribution >= 0.6 is 0 Å². The van der Waals surface area contributed by atoms with Gasteiger partial charge in [0.25, 0.3) is 0 Å². The molecule has 0 aliphatic rings. The van der Waals surface area contributed by atoms with Crippen LogP contribution in [-0.4, -0.2) is 24.3 Å². The normalized spacial score (nSPS) is 10.8. The van der Waals surface area contributed by atoms with Gasteiger partial charge in [-0.1, -0.05) is 12.1 Å². The highest BCUT2D eigenvalue weighted by molar-refractivity contribution is 5.67. The first-order valence-corrected chi connectivity index (χ1v) is 7.59. The molecule has 4 aromatic rings. The highest BCUT2D eigenvalue weighted by atomic mass is 16.4. The lowest BCUT2D eigenvalue weighted by Gasteiger charge is -2.06. The maximum atomic E-state index is 12.0. The van der Waals surface area contributed by atoms with Crippen molar-refractivity contribution in [1.82, 2.24) is 24.3 Å². The fraction of sp³-hybridized carbons (Fsp3) is 0.118. The molecule has 3 aromatic heterocycles. The second kappa shape index (κ2) is 6.05. The Labute approximate surface area is 141 Å². The van der Waals surface area contributed by atoms with Crippen molar-refractivity contribution in [2.24, 2.45) is 0 Å². The van der Waals surface area contributed by atoms with Crippen LogP contribution in [-0.2, 0) is 13.1 Å². The van der Waals surface area contributed by atoms with E-state index in [1.807, 2.05) is 6.07 Å². The van der Waals surface area contributed by atoms with Gasteiger partial charge in [-0.2, -0.15) is 10.4 Å². The minimum atomic E-state index is -0.457. The fourth-order valence-corrected chi connectivity index (χ4v) is 2.67. The summed E-state index contributed by atoms with van der Waals surface area (Å²) in [5.41, 5.74) is 2.29. The van der Waals surface area contributed by atoms with Crippen LogP contribution in [0, 0.1) is 11.3 Å². The Morgan fingerprint density at radius 1 is 1.16 bits per heavy atom. The Morgan fingerprint density at radius 3 is 2.96 bits per heavy atom. The first kappa shape index (κ1) is 14.8. The van der Waals surface area contributed by atoms with Crippen LogP contribution in [0.25, 0.3) is 22.6 Å². The molecule has 0 amide bonds. The Balaban J connectivity index is 1.64. The second-order valence-corrected chi connectivity index (χ2v) is 5.34. The number of rotatable bonds is 4. The molecule has 1 aromatic carbocycles. The topological polar surface area (TPSA) is 103 Å². The van der Waals surface area contributed by atoms with E-state index in [-0.39, 0.29) is 0 Å². The lowest BCUT2D eigenvalue weighted by molar-refractivity contribution is 0.472. The van der Waals surface area contributed by atoms with Gasteiger partial charge in [-0.05, 0) is 24.3 Å². The molecular formula is C17H12N6O2. The number of nitrogens with zero attached hydrogens (tertiary/aromatic N) is 6. The zero-order valence-corrected chi connectivity index (χ0v) is 13.0. The average molecular weight is 332 g/mol. The van der Waals surface area contributed by atoms with Gasteiger partial charge < -0.3 is 4.42 Å². The van der Waals surface area contributed by atoms with Crippen LogP contribution in [0.3, 0.4) is 0 Å². The maximum absolute atomic E-state index is 12.0. The van der Waals surface area contributed by atoms with E-state index in [9.17, 15) is 4.79 Å². The van der Waals surface area contributed by atoms with Crippen LogP contribution in [0.5, 0.6) is 0 Å². The van der Waals surface area contributed by atoms with Gasteiger partial charge in [0.1, 0.15) is 6.33 Å². The van der Waals surface area contributed by atoms with Gasteiger partial charge in [-0.25, -0.2) is 19.4 Å². The van der Waals surface area contributed by atoms with Gasteiger partial charge in [-0.15, -0.1) is 0 Å². The molecule has 0 bridgehead atoms. The molecule has 0 unspecified atom stereocenters. The van der Waals surface area contributed by atoms with Crippen molar-refractivity contribution in [1.29, 1.82) is 5.26 Å². The third-order valence-electron chi connectivity index (χ3n) is 3.83. The van der Waals surface area contributed by atoms with Gasteiger partial charge in [0.15, 0.2) is 17.1 Å². The highest BCUT2D eigenvalue weighted by Gasteiger charge is 2.12. The van der Waals surface area contributed by atoms with Crippen molar-refractivity contribution in [2.45, 2.75) is 13.1 Å². The Hall–Kier alpha value is -3.73. The predicted octanol–water partition coefficient (Wildman–Crippen LogP) is 1.82. The first-order chi connectivity index (χ1) is 12.3. The molecule has 0 fully saturated rings. The summed E-state index contributed by atoms with van der Waals surface area (Å²) in [6, 6.07) is 12.7. The molecule has 0 atom stereocenters. The van der Waals surface area contributed by atoms with Crippen molar-refractivity contribution in [3.05, 3.63) is 65.0 Å². The number of aromatic nitrogens is 5. The first-order valence-electron chi connectivity index (χ1n) is 7.59. The molecule has 8 nitrogen and oxygen atoms in total. The molecule has 0 saturated carbocycles. The van der Waals surface area contributed by atoms with E-state index < -0.39 is 5.76 Å². The van der Waals surface area contributed by atoms with Gasteiger partial charge in [0.2, 0.25) is 0 Å². The average Bonchev–Trinajstić information content (AvgIpc) is 3.23. The predicted molar refractivity (Wildman–Crippen MR) is 88.4 cm³/mol. The number of aryl methyl sites for hydroxylation is 2. The number of fused-ring (bicyclic) bond motifs is 1. The molecule has 0 aliphatic heterocycles. The molecule has 122 valence electrons. The molecular weight excluding hydrogens is 320 g/mol. The summed E-state index contributed by atoms with van der Waals surface area (Å²) in [6.45, 7) is 0.758. The summed E-state index contributed by atoms with van der Waals surface area (Å²) in [5, 5.41) is 13.3. The van der Waals surface area contributed by atoms with Crippen LogP contribution in [0.15, 0.2) is 58.1 Å². The summed E-state index contributed by atoms with van der Waals surface area (Å²) in [7, 11) is 0. The van der Waals surface area contributed by atoms with Crippen molar-refractivity contribution >= 4 is 11.2 Å². The summed E-state index contributed by atoms with van der Waals surface area (Å²) in [4.78, 5) is 20.5. The molecule has 0 aliphatic carbocycles. The minimum Gasteiger partial charge on any atom is -0.406 e. The van der Waals surface area contributed by atoms with Crippen molar-refractivity contribution < 1.29 is 4.42 Å². The zero-order chi connectivity index (χ0) is 17.2. The Kier molecular flexibility index (Phi) is 3.59. The van der Waals surface area contributed by atoms with Gasteiger partial charge >= 0.3 is 5.76 Å². The van der Waals surface area contributed by atoms with E-state index >= 15 is 0 Å². The van der Waals surface area contributed by atoms with E-state index in [4.69, 9.17) is 9.68 Å². The number of pyridine rings is 1. The quantitative estimate of drug-likeness (QED) is 0.565. The lowest BCUT2D eigenvalue weighted by atomic mass is 10.1. The third kappa shape index (κ3) is 2.68. The van der Waals surface area contributed by atoms with Crippen molar-refractivity contribution in [2.75, 3.05) is 0 Å². The zero-order valence-electron chi connectivity index (χ0n) is 13.0. The van der Waals surface area contributed by atoms with Crippen molar-refractivity contribution in [3.63, 3.8) is 0 Å². The molecule has 0 N–H and O–H groups in total. The van der Waals surface area contributed by atoms with Gasteiger partial charge in [0.05, 0.1) is 24.7 Å². The molecule has 0 saturated heterocycles. The molecule has 3 heterocycles. The molecule has 4 rings (SSSR count). The lowest BCUT2D eigenvalue weighted by Crippen LogP contribution is -2.19. The number of hydrogen-bond donors (Lipinski definition) is 0. The summed E-state index contributed by atoms with van der Waals surface area (Å²) < 4.78 is 8.33. The van der Waals surface area contributed by atoms with Crippen LogP contribution in [0.2, 0.25) is 0 Å². The summed E-state index contributed by atoms with van der Waals surface area (Å²) in [5.74, 6) is 0.174. The van der Waals surface area contributed by atoms with Crippen LogP contribution < -0.4 is 5.76 Å². The molecule has 0 radical (unpaired) electrons. The number of benzene rings is 1. The van der Waals surface area contributed by atoms with E-state index in [0.29, 0.717) is 35.7 Å². The number of hydrogen-bond acceptors (Lipinski definition) is 6. The smallest absolute Gasteiger partial charge is 0.406 e. The van der Waals surface area contributed by atoms with E-state index in [1.54, 1.807) is 41.2 Å². The monoisotopic (exact) mass is 332 g/mol. The molecule has 0 spiro atoms. The van der Waals surface area contributed by atoms with Crippen LogP contribution in [0.1, 0.15) is 5.56 Å². The number of oxazole rings is 1.